The quantitative estimate of drug-likeness (QED) is 0.764. The maximum absolute atomic E-state index is 12.1. The average Bonchev–Trinajstić information content (AvgIpc) is 3.00. The minimum Gasteiger partial charge on any atom is -0.326 e. The number of nitrogens with one attached hydrogen (secondary N) is 1. The summed E-state index contributed by atoms with van der Waals surface area (Å²) >= 11 is 0. The van der Waals surface area contributed by atoms with Crippen LogP contribution in [0.15, 0.2) is 24.3 Å². The number of benzene rings is 1. The second-order valence-electron chi connectivity index (χ2n) is 6.25. The van der Waals surface area contributed by atoms with E-state index >= 15 is 0 Å². The summed E-state index contributed by atoms with van der Waals surface area (Å²) in [6.45, 7) is 1.65. The van der Waals surface area contributed by atoms with E-state index in [4.69, 9.17) is 0 Å². The molecule has 1 amide bonds. The lowest BCUT2D eigenvalue weighted by Crippen LogP contribution is -2.39. The zero-order chi connectivity index (χ0) is 17.7. The highest BCUT2D eigenvalue weighted by Gasteiger charge is 2.29. The first-order valence-electron chi connectivity index (χ1n) is 8.15. The van der Waals surface area contributed by atoms with Crippen molar-refractivity contribution in [1.82, 2.24) is 4.31 Å². The lowest BCUT2D eigenvalue weighted by molar-refractivity contribution is -0.116. The van der Waals surface area contributed by atoms with Gasteiger partial charge in [0.15, 0.2) is 5.78 Å². The second-order valence-corrected chi connectivity index (χ2v) is 8.18. The van der Waals surface area contributed by atoms with Crippen LogP contribution in [-0.4, -0.2) is 43.3 Å². The van der Waals surface area contributed by atoms with Gasteiger partial charge in [0, 0.05) is 30.3 Å². The van der Waals surface area contributed by atoms with Gasteiger partial charge in [-0.15, -0.1) is 0 Å². The monoisotopic (exact) mass is 352 g/mol. The number of sulfonamides is 1. The lowest BCUT2D eigenvalue weighted by Gasteiger charge is -2.26. The molecule has 1 saturated carbocycles. The number of nitrogens with zero attached hydrogens (tertiary/aromatic N) is 1. The summed E-state index contributed by atoms with van der Waals surface area (Å²) in [4.78, 5) is 23.5. The molecule has 0 heterocycles. The Kier molecular flexibility index (Phi) is 6.12. The molecule has 1 N–H and O–H groups in total. The number of rotatable bonds is 7. The third kappa shape index (κ3) is 5.14. The van der Waals surface area contributed by atoms with Crippen molar-refractivity contribution < 1.29 is 18.0 Å². The molecule has 0 aliphatic heterocycles. The number of ketones is 1. The lowest BCUT2D eigenvalue weighted by atomic mass is 10.1. The number of anilines is 1. The van der Waals surface area contributed by atoms with Crippen LogP contribution in [0.3, 0.4) is 0 Å². The Balaban J connectivity index is 1.96. The molecule has 7 heteroatoms. The standard InChI is InChI=1S/C17H24N2O4S/c1-13(20)14-6-5-7-15(12-14)18-17(21)10-11-19(24(2,22)23)16-8-3-4-9-16/h5-7,12,16H,3-4,8-11H2,1-2H3,(H,18,21). The maximum atomic E-state index is 12.1. The molecule has 2 rings (SSSR count). The molecule has 0 saturated heterocycles. The molecule has 0 atom stereocenters. The molecule has 0 spiro atoms. The van der Waals surface area contributed by atoms with Crippen LogP contribution in [0.25, 0.3) is 0 Å². The van der Waals surface area contributed by atoms with Gasteiger partial charge in [-0.2, -0.15) is 4.31 Å². The molecule has 6 nitrogen and oxygen atoms in total. The Morgan fingerprint density at radius 2 is 1.92 bits per heavy atom. The Hall–Kier alpha value is -1.73. The number of carbonyl (C=O) groups is 2. The Bertz CT molecular complexity index is 709. The van der Waals surface area contributed by atoms with Crippen LogP contribution in [-0.2, 0) is 14.8 Å². The third-order valence-corrected chi connectivity index (χ3v) is 5.60. The summed E-state index contributed by atoms with van der Waals surface area (Å²) in [5.41, 5.74) is 1.07. The molecule has 24 heavy (non-hydrogen) atoms. The summed E-state index contributed by atoms with van der Waals surface area (Å²) in [5.74, 6) is -0.335. The van der Waals surface area contributed by atoms with Crippen molar-refractivity contribution in [2.24, 2.45) is 0 Å². The van der Waals surface area contributed by atoms with E-state index in [2.05, 4.69) is 5.32 Å². The molecule has 132 valence electrons. The first kappa shape index (κ1) is 18.6. The van der Waals surface area contributed by atoms with Crippen molar-refractivity contribution in [3.63, 3.8) is 0 Å². The maximum Gasteiger partial charge on any atom is 0.225 e. The molecule has 0 unspecified atom stereocenters. The predicted octanol–water partition coefficient (Wildman–Crippen LogP) is 2.42. The SMILES string of the molecule is CC(=O)c1cccc(NC(=O)CCN(C2CCCC2)S(C)(=O)=O)c1. The van der Waals surface area contributed by atoms with Gasteiger partial charge in [-0.25, -0.2) is 8.42 Å². The third-order valence-electron chi connectivity index (χ3n) is 4.27. The van der Waals surface area contributed by atoms with E-state index in [1.54, 1.807) is 24.3 Å². The highest BCUT2D eigenvalue weighted by Crippen LogP contribution is 2.25. The van der Waals surface area contributed by atoms with Gasteiger partial charge < -0.3 is 5.32 Å². The van der Waals surface area contributed by atoms with Gasteiger partial charge in [0.25, 0.3) is 0 Å². The zero-order valence-electron chi connectivity index (χ0n) is 14.1. The minimum atomic E-state index is -3.33. The van der Waals surface area contributed by atoms with Crippen molar-refractivity contribution in [1.29, 1.82) is 0 Å². The molecule has 0 aromatic heterocycles. The predicted molar refractivity (Wildman–Crippen MR) is 93.5 cm³/mol. The smallest absolute Gasteiger partial charge is 0.225 e. The summed E-state index contributed by atoms with van der Waals surface area (Å²) < 4.78 is 25.4. The molecule has 1 fully saturated rings. The van der Waals surface area contributed by atoms with Crippen LogP contribution in [0.5, 0.6) is 0 Å². The highest BCUT2D eigenvalue weighted by atomic mass is 32.2. The Morgan fingerprint density at radius 1 is 1.25 bits per heavy atom. The van der Waals surface area contributed by atoms with Crippen LogP contribution in [0.1, 0.15) is 49.4 Å². The summed E-state index contributed by atoms with van der Waals surface area (Å²) in [7, 11) is -3.33. The van der Waals surface area contributed by atoms with Crippen molar-refractivity contribution >= 4 is 27.4 Å². The van der Waals surface area contributed by atoms with Crippen LogP contribution in [0.2, 0.25) is 0 Å². The fourth-order valence-corrected chi connectivity index (χ4v) is 4.24. The molecule has 1 aliphatic rings. The van der Waals surface area contributed by atoms with Crippen molar-refractivity contribution in [2.45, 2.75) is 45.1 Å². The number of carbonyl (C=O) groups excluding carboxylic acids is 2. The molecular weight excluding hydrogens is 328 g/mol. The van der Waals surface area contributed by atoms with E-state index in [0.29, 0.717) is 11.3 Å². The number of hydrogen-bond donors (Lipinski definition) is 1. The van der Waals surface area contributed by atoms with Crippen LogP contribution in [0, 0.1) is 0 Å². The summed E-state index contributed by atoms with van der Waals surface area (Å²) in [6, 6.07) is 6.71. The van der Waals surface area contributed by atoms with E-state index in [-0.39, 0.29) is 30.7 Å². The van der Waals surface area contributed by atoms with E-state index in [1.807, 2.05) is 0 Å². The molecule has 0 radical (unpaired) electrons. The van der Waals surface area contributed by atoms with Crippen molar-refractivity contribution in [2.75, 3.05) is 18.1 Å². The van der Waals surface area contributed by atoms with Crippen LogP contribution >= 0.6 is 0 Å². The molecular formula is C17H24N2O4S. The minimum absolute atomic E-state index is 0.00819. The fraction of sp³-hybridized carbons (Fsp3) is 0.529. The van der Waals surface area contributed by atoms with Gasteiger partial charge in [-0.3, -0.25) is 9.59 Å². The molecule has 1 aromatic carbocycles. The Labute approximate surface area is 143 Å². The highest BCUT2D eigenvalue weighted by molar-refractivity contribution is 7.88. The van der Waals surface area contributed by atoms with Gasteiger partial charge in [0.1, 0.15) is 0 Å². The van der Waals surface area contributed by atoms with Crippen LogP contribution in [0.4, 0.5) is 5.69 Å². The summed E-state index contributed by atoms with van der Waals surface area (Å²) in [5, 5.41) is 2.72. The first-order chi connectivity index (χ1) is 11.3. The van der Waals surface area contributed by atoms with Crippen molar-refractivity contribution in [3.8, 4) is 0 Å². The van der Waals surface area contributed by atoms with Gasteiger partial charge in [0.05, 0.1) is 6.26 Å². The van der Waals surface area contributed by atoms with E-state index in [9.17, 15) is 18.0 Å². The molecule has 1 aliphatic carbocycles. The second kappa shape index (κ2) is 7.90. The van der Waals surface area contributed by atoms with E-state index in [0.717, 1.165) is 25.7 Å². The van der Waals surface area contributed by atoms with Gasteiger partial charge in [-0.1, -0.05) is 25.0 Å². The number of Topliss-reactive ketones (excluding diaryl/α,β-unsaturated/α-hetero) is 1. The number of amides is 1. The topological polar surface area (TPSA) is 83.6 Å². The zero-order valence-corrected chi connectivity index (χ0v) is 14.9. The Morgan fingerprint density at radius 3 is 2.50 bits per heavy atom. The van der Waals surface area contributed by atoms with E-state index < -0.39 is 10.0 Å². The first-order valence-corrected chi connectivity index (χ1v) is 10.00. The summed E-state index contributed by atoms with van der Waals surface area (Å²) in [6.07, 6.45) is 5.06. The molecule has 0 bridgehead atoms. The number of hydrogen-bond acceptors (Lipinski definition) is 4. The van der Waals surface area contributed by atoms with Gasteiger partial charge in [0.2, 0.25) is 15.9 Å². The fourth-order valence-electron chi connectivity index (χ4n) is 3.06. The normalized spacial score (nSPS) is 15.6. The van der Waals surface area contributed by atoms with Crippen LogP contribution < -0.4 is 5.32 Å². The van der Waals surface area contributed by atoms with Crippen molar-refractivity contribution in [3.05, 3.63) is 29.8 Å². The average molecular weight is 352 g/mol. The largest absolute Gasteiger partial charge is 0.326 e. The van der Waals surface area contributed by atoms with Gasteiger partial charge in [-0.05, 0) is 31.9 Å². The van der Waals surface area contributed by atoms with Gasteiger partial charge >= 0.3 is 0 Å². The molecule has 1 aromatic rings. The van der Waals surface area contributed by atoms with E-state index in [1.165, 1.54) is 17.5 Å².